The number of fused-ring (bicyclic) bond motifs is 5. The van der Waals surface area contributed by atoms with Gasteiger partial charge in [-0.3, -0.25) is 23.7 Å². The van der Waals surface area contributed by atoms with Crippen molar-refractivity contribution in [3.63, 3.8) is 0 Å². The van der Waals surface area contributed by atoms with Crippen molar-refractivity contribution >= 4 is 28.4 Å². The lowest BCUT2D eigenvalue weighted by molar-refractivity contribution is -0.142. The van der Waals surface area contributed by atoms with Gasteiger partial charge in [0.1, 0.15) is 23.0 Å². The molecule has 51 heavy (non-hydrogen) atoms. The molecule has 2 unspecified atom stereocenters. The van der Waals surface area contributed by atoms with Crippen LogP contribution in [0.3, 0.4) is 0 Å². The van der Waals surface area contributed by atoms with E-state index in [9.17, 15) is 14.4 Å². The Morgan fingerprint density at radius 1 is 1.04 bits per heavy atom. The highest BCUT2D eigenvalue weighted by atomic mass is 19.4. The molecule has 3 aromatic rings. The number of hydrogen-bond acceptors (Lipinski definition) is 8. The largest absolute Gasteiger partial charge is 0.486 e. The predicted molar refractivity (Wildman–Crippen MR) is 185 cm³/mol. The highest BCUT2D eigenvalue weighted by Crippen LogP contribution is 2.43. The highest BCUT2D eigenvalue weighted by molar-refractivity contribution is 5.97. The van der Waals surface area contributed by atoms with E-state index in [1.807, 2.05) is 13.8 Å². The van der Waals surface area contributed by atoms with E-state index in [1.165, 1.54) is 24.0 Å². The number of nitrogens with two attached hydrogens (primary N) is 1. The number of rotatable bonds is 4. The molecule has 5 heterocycles. The summed E-state index contributed by atoms with van der Waals surface area (Å²) in [6.07, 6.45) is -0.911. The summed E-state index contributed by atoms with van der Waals surface area (Å²) < 4.78 is 74.6. The van der Waals surface area contributed by atoms with E-state index in [0.29, 0.717) is 36.1 Å². The van der Waals surface area contributed by atoms with Gasteiger partial charge in [0.05, 0.1) is 35.4 Å². The molecule has 1 fully saturated rings. The Morgan fingerprint density at radius 3 is 2.31 bits per heavy atom. The fraction of sp³-hybridized carbons (Fsp3) is 0.500. The molecule has 0 radical (unpaired) electrons. The average molecular weight is 715 g/mol. The zero-order valence-corrected chi connectivity index (χ0v) is 29.4. The number of nitrogens with zero attached hydrogens (tertiary/aromatic N) is 5. The van der Waals surface area contributed by atoms with Crippen molar-refractivity contribution < 1.29 is 31.8 Å². The van der Waals surface area contributed by atoms with Gasteiger partial charge in [0, 0.05) is 49.8 Å². The molecule has 6 rings (SSSR count). The average Bonchev–Trinajstić information content (AvgIpc) is 3.26. The first-order chi connectivity index (χ1) is 24.0. The SMILES string of the molecule is CCc1cncc(CC)c1-n1c(=O)c2c(c3cc(C(F)(F)F)n(C4=C(N)C=CC(C)C4F)c(=O)c31)N1CCN(C(=O)OC(C)(C)C)C[C@@H]1CCO2. The Hall–Kier alpha value is -4.82. The van der Waals surface area contributed by atoms with Gasteiger partial charge < -0.3 is 25.0 Å². The maximum Gasteiger partial charge on any atom is 0.431 e. The number of piperazine rings is 1. The molecule has 3 atom stereocenters. The van der Waals surface area contributed by atoms with Crippen LogP contribution >= 0.6 is 0 Å². The van der Waals surface area contributed by atoms with Crippen LogP contribution in [0, 0.1) is 5.92 Å². The summed E-state index contributed by atoms with van der Waals surface area (Å²) in [5.41, 5.74) is 1.94. The van der Waals surface area contributed by atoms with Crippen LogP contribution in [-0.2, 0) is 23.8 Å². The van der Waals surface area contributed by atoms with E-state index >= 15 is 17.6 Å². The minimum Gasteiger partial charge on any atom is -0.486 e. The van der Waals surface area contributed by atoms with E-state index in [1.54, 1.807) is 38.1 Å². The Bertz CT molecular complexity index is 2060. The number of ether oxygens (including phenoxy) is 2. The molecule has 15 heteroatoms. The van der Waals surface area contributed by atoms with Gasteiger partial charge in [0.25, 0.3) is 11.1 Å². The summed E-state index contributed by atoms with van der Waals surface area (Å²) >= 11 is 0. The van der Waals surface area contributed by atoms with Crippen molar-refractivity contribution in [3.8, 4) is 11.4 Å². The van der Waals surface area contributed by atoms with Crippen LogP contribution in [0.25, 0.3) is 22.3 Å². The number of pyridine rings is 3. The number of aromatic nitrogens is 3. The first-order valence-corrected chi connectivity index (χ1v) is 17.1. The van der Waals surface area contributed by atoms with E-state index < -0.39 is 64.0 Å². The molecule has 1 aliphatic carbocycles. The molecule has 1 amide bonds. The van der Waals surface area contributed by atoms with Gasteiger partial charge in [0.15, 0.2) is 0 Å². The molecule has 0 bridgehead atoms. The third-order valence-corrected chi connectivity index (χ3v) is 9.58. The van der Waals surface area contributed by atoms with Crippen LogP contribution in [-0.4, -0.2) is 69.2 Å². The Morgan fingerprint density at radius 2 is 1.71 bits per heavy atom. The van der Waals surface area contributed by atoms with Crippen molar-refractivity contribution in [2.24, 2.45) is 11.7 Å². The Kier molecular flexibility index (Phi) is 9.21. The second-order valence-electron chi connectivity index (χ2n) is 14.1. The fourth-order valence-electron chi connectivity index (χ4n) is 7.14. The lowest BCUT2D eigenvalue weighted by atomic mass is 9.95. The molecule has 11 nitrogen and oxygen atoms in total. The maximum atomic E-state index is 16.0. The number of carbonyl (C=O) groups excluding carboxylic acids is 1. The van der Waals surface area contributed by atoms with Crippen LogP contribution in [0.4, 0.5) is 28.0 Å². The van der Waals surface area contributed by atoms with E-state index in [4.69, 9.17) is 15.2 Å². The number of amides is 1. The zero-order chi connectivity index (χ0) is 37.2. The van der Waals surface area contributed by atoms with Gasteiger partial charge in [-0.05, 0) is 56.9 Å². The lowest BCUT2D eigenvalue weighted by Crippen LogP contribution is -2.55. The first kappa shape index (κ1) is 36.0. The second kappa shape index (κ2) is 13.1. The van der Waals surface area contributed by atoms with Crippen molar-refractivity contribution in [3.05, 3.63) is 73.8 Å². The standard InChI is InChI=1S/C36H42F4N6O5/c1-7-20-16-42-17-21(8-2)27(20)46-29-23(15-25(36(38,39)40)45(32(29)47)30-24(41)10-9-19(3)26(30)37)28-31(33(46)48)50-14-11-22-18-43(12-13-44(22)28)34(49)51-35(4,5)6/h9-10,15-17,19,22,26H,7-8,11-14,18,41H2,1-6H3/t19?,22-,26?/m0/s1. The number of allylic oxidation sites excluding steroid dienone is 3. The molecule has 3 aliphatic rings. The minimum absolute atomic E-state index is 0.00755. The van der Waals surface area contributed by atoms with E-state index in [0.717, 1.165) is 10.6 Å². The third-order valence-electron chi connectivity index (χ3n) is 9.58. The summed E-state index contributed by atoms with van der Waals surface area (Å²) in [5, 5.41) is -0.203. The first-order valence-electron chi connectivity index (χ1n) is 17.1. The molecule has 2 aliphatic heterocycles. The van der Waals surface area contributed by atoms with Crippen molar-refractivity contribution in [2.45, 2.75) is 84.8 Å². The molecular weight excluding hydrogens is 672 g/mol. The normalized spacial score (nSPS) is 20.9. The topological polar surface area (TPSA) is 125 Å². The molecule has 0 saturated carbocycles. The van der Waals surface area contributed by atoms with Crippen LogP contribution in [0.1, 0.15) is 64.8 Å². The summed E-state index contributed by atoms with van der Waals surface area (Å²) in [6, 6.07) is 0.283. The number of carbonyl (C=O) groups is 1. The van der Waals surface area contributed by atoms with Gasteiger partial charge >= 0.3 is 12.3 Å². The Labute approximate surface area is 291 Å². The Balaban J connectivity index is 1.73. The predicted octanol–water partition coefficient (Wildman–Crippen LogP) is 5.57. The monoisotopic (exact) mass is 714 g/mol. The fourth-order valence-corrected chi connectivity index (χ4v) is 7.14. The molecule has 3 aromatic heterocycles. The number of aryl methyl sites for hydroxylation is 2. The van der Waals surface area contributed by atoms with Gasteiger partial charge in [0.2, 0.25) is 5.75 Å². The molecular formula is C36H42F4N6O5. The zero-order valence-electron chi connectivity index (χ0n) is 29.4. The minimum atomic E-state index is -5.15. The van der Waals surface area contributed by atoms with Crippen LogP contribution < -0.4 is 26.5 Å². The number of halogens is 4. The second-order valence-corrected chi connectivity index (χ2v) is 14.1. The van der Waals surface area contributed by atoms with Crippen molar-refractivity contribution in [2.75, 3.05) is 31.1 Å². The number of anilines is 1. The van der Waals surface area contributed by atoms with Gasteiger partial charge in [-0.15, -0.1) is 0 Å². The van der Waals surface area contributed by atoms with Crippen molar-refractivity contribution in [1.82, 2.24) is 19.0 Å². The molecule has 274 valence electrons. The van der Waals surface area contributed by atoms with Crippen LogP contribution in [0.2, 0.25) is 0 Å². The van der Waals surface area contributed by atoms with Gasteiger partial charge in [-0.2, -0.15) is 13.2 Å². The van der Waals surface area contributed by atoms with Crippen LogP contribution in [0.5, 0.6) is 5.75 Å². The molecule has 0 aromatic carbocycles. The summed E-state index contributed by atoms with van der Waals surface area (Å²) in [6.45, 7) is 10.7. The third kappa shape index (κ3) is 6.24. The van der Waals surface area contributed by atoms with E-state index in [-0.39, 0.29) is 53.3 Å². The molecule has 0 spiro atoms. The molecule has 2 N–H and O–H groups in total. The number of hydrogen-bond donors (Lipinski definition) is 1. The molecule has 1 saturated heterocycles. The lowest BCUT2D eigenvalue weighted by Gasteiger charge is -2.42. The summed E-state index contributed by atoms with van der Waals surface area (Å²) in [7, 11) is 0. The maximum absolute atomic E-state index is 16.0. The smallest absolute Gasteiger partial charge is 0.431 e. The van der Waals surface area contributed by atoms with Crippen LogP contribution in [0.15, 0.2) is 45.9 Å². The quantitative estimate of drug-likeness (QED) is 0.348. The summed E-state index contributed by atoms with van der Waals surface area (Å²) in [5.74, 6) is -1.11. The van der Waals surface area contributed by atoms with Gasteiger partial charge in [-0.25, -0.2) is 9.18 Å². The van der Waals surface area contributed by atoms with Gasteiger partial charge in [-0.1, -0.05) is 26.8 Å². The number of alkyl halides is 4. The van der Waals surface area contributed by atoms with E-state index in [2.05, 4.69) is 4.98 Å². The summed E-state index contributed by atoms with van der Waals surface area (Å²) in [4.78, 5) is 50.4. The highest BCUT2D eigenvalue weighted by Gasteiger charge is 2.43. The van der Waals surface area contributed by atoms with Crippen molar-refractivity contribution in [1.29, 1.82) is 0 Å².